The molecule has 0 saturated heterocycles. The third-order valence-corrected chi connectivity index (χ3v) is 1.21. The highest BCUT2D eigenvalue weighted by Crippen LogP contribution is 2.02. The first-order valence-electron chi connectivity index (χ1n) is 3.20. The number of rotatable bonds is 2. The fourth-order valence-corrected chi connectivity index (χ4v) is 0.745. The number of hydrogen-bond acceptors (Lipinski definition) is 3. The predicted octanol–water partition coefficient (Wildman–Crippen LogP) is 0.504. The van der Waals surface area contributed by atoms with E-state index in [1.165, 1.54) is 6.92 Å². The molecule has 1 heterocycles. The molecule has 0 spiro atoms. The summed E-state index contributed by atoms with van der Waals surface area (Å²) in [5.41, 5.74) is 0. The molecule has 3 nitrogen and oxygen atoms in total. The average Bonchev–Trinajstić information content (AvgIpc) is 2.34. The molecule has 1 aliphatic heterocycles. The Balaban J connectivity index is 2.13. The highest BCUT2D eigenvalue weighted by Gasteiger charge is 2.09. The Morgan fingerprint density at radius 3 is 3.20 bits per heavy atom. The van der Waals surface area contributed by atoms with E-state index in [4.69, 9.17) is 9.47 Å². The summed E-state index contributed by atoms with van der Waals surface area (Å²) < 4.78 is 9.83. The average molecular weight is 142 g/mol. The molecule has 0 fully saturated rings. The second-order valence-electron chi connectivity index (χ2n) is 2.10. The van der Waals surface area contributed by atoms with Crippen molar-refractivity contribution < 1.29 is 14.3 Å². The standard InChI is InChI=1S/C7H10O3/c1-6(8)10-5-7-3-2-4-9-7/h2-3,7H,4-5H2,1H3/t7-/m0/s1. The summed E-state index contributed by atoms with van der Waals surface area (Å²) in [6.07, 6.45) is 3.78. The zero-order chi connectivity index (χ0) is 7.40. The Morgan fingerprint density at radius 2 is 2.70 bits per heavy atom. The summed E-state index contributed by atoms with van der Waals surface area (Å²) in [7, 11) is 0. The largest absolute Gasteiger partial charge is 0.463 e. The van der Waals surface area contributed by atoms with Crippen LogP contribution >= 0.6 is 0 Å². The first kappa shape index (κ1) is 7.28. The minimum Gasteiger partial charge on any atom is -0.463 e. The number of carbonyl (C=O) groups excluding carboxylic acids is 1. The first-order valence-corrected chi connectivity index (χ1v) is 3.20. The van der Waals surface area contributed by atoms with Crippen LogP contribution in [0.15, 0.2) is 12.2 Å². The Kier molecular flexibility index (Phi) is 2.45. The van der Waals surface area contributed by atoms with Gasteiger partial charge in [0.25, 0.3) is 0 Å². The van der Waals surface area contributed by atoms with Gasteiger partial charge in [-0.1, -0.05) is 12.2 Å². The van der Waals surface area contributed by atoms with Gasteiger partial charge >= 0.3 is 5.97 Å². The van der Waals surface area contributed by atoms with Crippen LogP contribution in [0.25, 0.3) is 0 Å². The number of carbonyl (C=O) groups is 1. The van der Waals surface area contributed by atoms with Gasteiger partial charge in [-0.25, -0.2) is 0 Å². The van der Waals surface area contributed by atoms with Crippen LogP contribution < -0.4 is 0 Å². The van der Waals surface area contributed by atoms with E-state index in [1.54, 1.807) is 0 Å². The molecule has 0 aromatic carbocycles. The van der Waals surface area contributed by atoms with E-state index < -0.39 is 0 Å². The van der Waals surface area contributed by atoms with Crippen molar-refractivity contribution in [1.29, 1.82) is 0 Å². The minimum atomic E-state index is -0.260. The van der Waals surface area contributed by atoms with E-state index in [0.717, 1.165) is 0 Å². The molecule has 10 heavy (non-hydrogen) atoms. The van der Waals surface area contributed by atoms with Crippen molar-refractivity contribution in [2.45, 2.75) is 13.0 Å². The summed E-state index contributed by atoms with van der Waals surface area (Å²) in [6, 6.07) is 0. The predicted molar refractivity (Wildman–Crippen MR) is 35.5 cm³/mol. The quantitative estimate of drug-likeness (QED) is 0.416. The summed E-state index contributed by atoms with van der Waals surface area (Å²) >= 11 is 0. The van der Waals surface area contributed by atoms with Gasteiger partial charge in [-0.15, -0.1) is 0 Å². The molecule has 0 aliphatic carbocycles. The van der Waals surface area contributed by atoms with Crippen molar-refractivity contribution in [2.75, 3.05) is 13.2 Å². The van der Waals surface area contributed by atoms with E-state index in [1.807, 2.05) is 12.2 Å². The molecule has 0 aromatic heterocycles. The third kappa shape index (κ3) is 2.19. The SMILES string of the molecule is CC(=O)OC[C@@H]1C=CCO1. The van der Waals surface area contributed by atoms with E-state index in [0.29, 0.717) is 13.2 Å². The molecule has 3 heteroatoms. The summed E-state index contributed by atoms with van der Waals surface area (Å²) in [5, 5.41) is 0. The first-order chi connectivity index (χ1) is 4.79. The van der Waals surface area contributed by atoms with Crippen molar-refractivity contribution in [3.63, 3.8) is 0 Å². The molecule has 0 bridgehead atoms. The summed E-state index contributed by atoms with van der Waals surface area (Å²) in [6.45, 7) is 2.36. The van der Waals surface area contributed by atoms with E-state index in [-0.39, 0.29) is 12.1 Å². The van der Waals surface area contributed by atoms with Crippen molar-refractivity contribution in [3.8, 4) is 0 Å². The second kappa shape index (κ2) is 3.37. The maximum absolute atomic E-state index is 10.3. The van der Waals surface area contributed by atoms with Crippen molar-refractivity contribution in [3.05, 3.63) is 12.2 Å². The monoisotopic (exact) mass is 142 g/mol. The van der Waals surface area contributed by atoms with Gasteiger partial charge in [-0.3, -0.25) is 4.79 Å². The van der Waals surface area contributed by atoms with Gasteiger partial charge in [0.05, 0.1) is 6.61 Å². The van der Waals surface area contributed by atoms with E-state index in [9.17, 15) is 4.79 Å². The van der Waals surface area contributed by atoms with Crippen LogP contribution in [0.1, 0.15) is 6.92 Å². The van der Waals surface area contributed by atoms with Gasteiger partial charge in [0.1, 0.15) is 12.7 Å². The number of ether oxygens (including phenoxy) is 2. The van der Waals surface area contributed by atoms with Crippen molar-refractivity contribution in [1.82, 2.24) is 0 Å². The van der Waals surface area contributed by atoms with E-state index >= 15 is 0 Å². The van der Waals surface area contributed by atoms with Gasteiger partial charge in [0.2, 0.25) is 0 Å². The highest BCUT2D eigenvalue weighted by atomic mass is 16.6. The molecule has 0 N–H and O–H groups in total. The molecule has 0 radical (unpaired) electrons. The Morgan fingerprint density at radius 1 is 1.90 bits per heavy atom. The summed E-state index contributed by atoms with van der Waals surface area (Å²) in [5.74, 6) is -0.260. The molecular weight excluding hydrogens is 132 g/mol. The molecule has 1 rings (SSSR count). The zero-order valence-electron chi connectivity index (χ0n) is 5.87. The van der Waals surface area contributed by atoms with Crippen LogP contribution in [0.2, 0.25) is 0 Å². The van der Waals surface area contributed by atoms with Crippen molar-refractivity contribution >= 4 is 5.97 Å². The lowest BCUT2D eigenvalue weighted by Crippen LogP contribution is -2.15. The van der Waals surface area contributed by atoms with Gasteiger partial charge in [-0.2, -0.15) is 0 Å². The smallest absolute Gasteiger partial charge is 0.302 e. The third-order valence-electron chi connectivity index (χ3n) is 1.21. The van der Waals surface area contributed by atoms with Gasteiger partial charge in [-0.05, 0) is 0 Å². The van der Waals surface area contributed by atoms with E-state index in [2.05, 4.69) is 0 Å². The molecule has 1 atom stereocenters. The molecule has 0 amide bonds. The lowest BCUT2D eigenvalue weighted by atomic mass is 10.4. The fraction of sp³-hybridized carbons (Fsp3) is 0.571. The lowest BCUT2D eigenvalue weighted by Gasteiger charge is -2.06. The molecule has 56 valence electrons. The van der Waals surface area contributed by atoms with Crippen molar-refractivity contribution in [2.24, 2.45) is 0 Å². The van der Waals surface area contributed by atoms with Crippen LogP contribution in [0.4, 0.5) is 0 Å². The van der Waals surface area contributed by atoms with Gasteiger partial charge in [0.15, 0.2) is 0 Å². The maximum Gasteiger partial charge on any atom is 0.302 e. The van der Waals surface area contributed by atoms with Crippen LogP contribution in [-0.4, -0.2) is 25.3 Å². The Labute approximate surface area is 59.6 Å². The second-order valence-corrected chi connectivity index (χ2v) is 2.10. The van der Waals surface area contributed by atoms with Crippen LogP contribution in [0, 0.1) is 0 Å². The Hall–Kier alpha value is -0.830. The zero-order valence-corrected chi connectivity index (χ0v) is 5.87. The maximum atomic E-state index is 10.3. The molecular formula is C7H10O3. The molecule has 1 aliphatic rings. The topological polar surface area (TPSA) is 35.5 Å². The molecule has 0 unspecified atom stereocenters. The fourth-order valence-electron chi connectivity index (χ4n) is 0.745. The van der Waals surface area contributed by atoms with Crippen LogP contribution in [0.3, 0.4) is 0 Å². The molecule has 0 aromatic rings. The lowest BCUT2D eigenvalue weighted by molar-refractivity contribution is -0.143. The normalized spacial score (nSPS) is 23.1. The summed E-state index contributed by atoms with van der Waals surface area (Å²) in [4.78, 5) is 10.3. The minimum absolute atomic E-state index is 0.0242. The van der Waals surface area contributed by atoms with Gasteiger partial charge in [0, 0.05) is 6.92 Å². The highest BCUT2D eigenvalue weighted by molar-refractivity contribution is 5.65. The number of hydrogen-bond donors (Lipinski definition) is 0. The van der Waals surface area contributed by atoms with Gasteiger partial charge < -0.3 is 9.47 Å². The molecule has 0 saturated carbocycles. The Bertz CT molecular complexity index is 151. The van der Waals surface area contributed by atoms with Crippen LogP contribution in [-0.2, 0) is 14.3 Å². The van der Waals surface area contributed by atoms with Crippen LogP contribution in [0.5, 0.6) is 0 Å². The number of esters is 1.